The minimum Gasteiger partial charge on any atom is -0.461 e. The Kier molecular flexibility index (Phi) is 2.16. The predicted octanol–water partition coefficient (Wildman–Crippen LogP) is 4.08. The topological polar surface area (TPSA) is 13.1 Å². The molecule has 14 heavy (non-hydrogen) atoms. The maximum atomic E-state index is 5.68. The Morgan fingerprint density at radius 2 is 2.00 bits per heavy atom. The molecule has 72 valence electrons. The van der Waals surface area contributed by atoms with Crippen molar-refractivity contribution in [3.05, 3.63) is 41.2 Å². The van der Waals surface area contributed by atoms with Crippen molar-refractivity contribution < 1.29 is 4.42 Å². The SMILES string of the molecule is C/C=C\c1c(C)oc2cccc(C)c12. The van der Waals surface area contributed by atoms with E-state index in [1.54, 1.807) is 0 Å². The second-order valence-corrected chi connectivity index (χ2v) is 3.52. The molecule has 1 aromatic carbocycles. The van der Waals surface area contributed by atoms with Crippen LogP contribution in [0.25, 0.3) is 17.0 Å². The molecule has 0 bridgehead atoms. The molecule has 0 amide bonds. The molecular formula is C13H14O. The minimum absolute atomic E-state index is 0.982. The molecule has 0 aliphatic heterocycles. The van der Waals surface area contributed by atoms with Crippen molar-refractivity contribution in [2.45, 2.75) is 20.8 Å². The first-order valence-electron chi connectivity index (χ1n) is 4.85. The summed E-state index contributed by atoms with van der Waals surface area (Å²) in [5, 5.41) is 1.24. The van der Waals surface area contributed by atoms with Crippen LogP contribution in [0.3, 0.4) is 0 Å². The molecule has 2 aromatic rings. The average Bonchev–Trinajstić information content (AvgIpc) is 2.45. The van der Waals surface area contributed by atoms with E-state index in [0.717, 1.165) is 11.3 Å². The van der Waals surface area contributed by atoms with Gasteiger partial charge in [-0.3, -0.25) is 0 Å². The number of furan rings is 1. The summed E-state index contributed by atoms with van der Waals surface area (Å²) in [5.41, 5.74) is 3.46. The highest BCUT2D eigenvalue weighted by atomic mass is 16.3. The summed E-state index contributed by atoms with van der Waals surface area (Å²) in [6.07, 6.45) is 4.15. The maximum absolute atomic E-state index is 5.68. The van der Waals surface area contributed by atoms with Crippen LogP contribution in [0.2, 0.25) is 0 Å². The fourth-order valence-electron chi connectivity index (χ4n) is 1.83. The molecule has 1 heterocycles. The van der Waals surface area contributed by atoms with E-state index in [9.17, 15) is 0 Å². The number of hydrogen-bond donors (Lipinski definition) is 0. The van der Waals surface area contributed by atoms with Crippen LogP contribution in [-0.2, 0) is 0 Å². The molecule has 0 N–H and O–H groups in total. The van der Waals surface area contributed by atoms with Crippen LogP contribution in [0.5, 0.6) is 0 Å². The first-order chi connectivity index (χ1) is 6.74. The Labute approximate surface area is 84.0 Å². The van der Waals surface area contributed by atoms with E-state index in [2.05, 4.69) is 19.1 Å². The van der Waals surface area contributed by atoms with Gasteiger partial charge in [-0.15, -0.1) is 0 Å². The van der Waals surface area contributed by atoms with Gasteiger partial charge in [0.25, 0.3) is 0 Å². The second-order valence-electron chi connectivity index (χ2n) is 3.52. The molecule has 0 unspecified atom stereocenters. The van der Waals surface area contributed by atoms with Crippen LogP contribution in [0, 0.1) is 13.8 Å². The van der Waals surface area contributed by atoms with Gasteiger partial charge in [-0.1, -0.05) is 24.3 Å². The number of fused-ring (bicyclic) bond motifs is 1. The van der Waals surface area contributed by atoms with Crippen molar-refractivity contribution in [3.63, 3.8) is 0 Å². The van der Waals surface area contributed by atoms with Gasteiger partial charge in [-0.2, -0.15) is 0 Å². The Morgan fingerprint density at radius 1 is 1.21 bits per heavy atom. The van der Waals surface area contributed by atoms with E-state index in [1.807, 2.05) is 32.1 Å². The van der Waals surface area contributed by atoms with Crippen LogP contribution in [0.4, 0.5) is 0 Å². The van der Waals surface area contributed by atoms with Crippen LogP contribution < -0.4 is 0 Å². The maximum Gasteiger partial charge on any atom is 0.135 e. The lowest BCUT2D eigenvalue weighted by Crippen LogP contribution is -1.76. The van der Waals surface area contributed by atoms with Crippen LogP contribution in [-0.4, -0.2) is 0 Å². The lowest BCUT2D eigenvalue weighted by atomic mass is 10.1. The summed E-state index contributed by atoms with van der Waals surface area (Å²) in [4.78, 5) is 0. The van der Waals surface area contributed by atoms with E-state index in [1.165, 1.54) is 16.5 Å². The first kappa shape index (κ1) is 9.07. The molecule has 0 spiro atoms. The van der Waals surface area contributed by atoms with Crippen molar-refractivity contribution in [3.8, 4) is 0 Å². The standard InChI is InChI=1S/C13H14O/c1-4-6-11-10(3)14-12-8-5-7-9(2)13(11)12/h4-8H,1-3H3/b6-4-. The first-order valence-corrected chi connectivity index (χ1v) is 4.85. The zero-order valence-electron chi connectivity index (χ0n) is 8.79. The van der Waals surface area contributed by atoms with Crippen molar-refractivity contribution >= 4 is 17.0 Å². The molecule has 0 saturated heterocycles. The summed E-state index contributed by atoms with van der Waals surface area (Å²) >= 11 is 0. The molecule has 0 saturated carbocycles. The van der Waals surface area contributed by atoms with Gasteiger partial charge in [0.15, 0.2) is 0 Å². The van der Waals surface area contributed by atoms with E-state index >= 15 is 0 Å². The van der Waals surface area contributed by atoms with E-state index < -0.39 is 0 Å². The number of aryl methyl sites for hydroxylation is 2. The Morgan fingerprint density at radius 3 is 2.71 bits per heavy atom. The third-order valence-corrected chi connectivity index (χ3v) is 2.48. The summed E-state index contributed by atoms with van der Waals surface area (Å²) in [6.45, 7) is 6.15. The fraction of sp³-hybridized carbons (Fsp3) is 0.231. The van der Waals surface area contributed by atoms with Gasteiger partial charge in [-0.25, -0.2) is 0 Å². The van der Waals surface area contributed by atoms with Crippen LogP contribution in [0.1, 0.15) is 23.8 Å². The zero-order valence-corrected chi connectivity index (χ0v) is 8.79. The summed E-state index contributed by atoms with van der Waals surface area (Å²) in [6, 6.07) is 6.16. The Bertz CT molecular complexity index is 489. The van der Waals surface area contributed by atoms with E-state index in [4.69, 9.17) is 4.42 Å². The molecule has 1 nitrogen and oxygen atoms in total. The molecular weight excluding hydrogens is 172 g/mol. The summed E-state index contributed by atoms with van der Waals surface area (Å²) in [7, 11) is 0. The second kappa shape index (κ2) is 3.33. The lowest BCUT2D eigenvalue weighted by Gasteiger charge is -1.95. The third kappa shape index (κ3) is 1.25. The zero-order chi connectivity index (χ0) is 10.1. The summed E-state index contributed by atoms with van der Waals surface area (Å²) in [5.74, 6) is 0.993. The van der Waals surface area contributed by atoms with Crippen molar-refractivity contribution in [1.29, 1.82) is 0 Å². The van der Waals surface area contributed by atoms with Crippen LogP contribution in [0.15, 0.2) is 28.7 Å². The van der Waals surface area contributed by atoms with E-state index in [-0.39, 0.29) is 0 Å². The molecule has 0 atom stereocenters. The normalized spacial score (nSPS) is 11.6. The monoisotopic (exact) mass is 186 g/mol. The molecule has 2 rings (SSSR count). The van der Waals surface area contributed by atoms with Gasteiger partial charge in [-0.05, 0) is 32.4 Å². The number of benzene rings is 1. The third-order valence-electron chi connectivity index (χ3n) is 2.48. The number of rotatable bonds is 1. The van der Waals surface area contributed by atoms with Gasteiger partial charge < -0.3 is 4.42 Å². The largest absolute Gasteiger partial charge is 0.461 e. The summed E-state index contributed by atoms with van der Waals surface area (Å²) < 4.78 is 5.68. The number of allylic oxidation sites excluding steroid dienone is 1. The lowest BCUT2D eigenvalue weighted by molar-refractivity contribution is 0.577. The van der Waals surface area contributed by atoms with Crippen molar-refractivity contribution in [1.82, 2.24) is 0 Å². The highest BCUT2D eigenvalue weighted by molar-refractivity contribution is 5.91. The van der Waals surface area contributed by atoms with Crippen molar-refractivity contribution in [2.75, 3.05) is 0 Å². The smallest absolute Gasteiger partial charge is 0.135 e. The quantitative estimate of drug-likeness (QED) is 0.654. The van der Waals surface area contributed by atoms with Gasteiger partial charge in [0.2, 0.25) is 0 Å². The predicted molar refractivity (Wildman–Crippen MR) is 60.4 cm³/mol. The van der Waals surface area contributed by atoms with E-state index in [0.29, 0.717) is 0 Å². The molecule has 1 aromatic heterocycles. The highest BCUT2D eigenvalue weighted by Gasteiger charge is 2.09. The average molecular weight is 186 g/mol. The van der Waals surface area contributed by atoms with Gasteiger partial charge >= 0.3 is 0 Å². The molecule has 0 radical (unpaired) electrons. The molecule has 0 aliphatic carbocycles. The molecule has 0 aliphatic rings. The highest BCUT2D eigenvalue weighted by Crippen LogP contribution is 2.29. The van der Waals surface area contributed by atoms with Gasteiger partial charge in [0.1, 0.15) is 11.3 Å². The molecule has 1 heteroatoms. The number of hydrogen-bond acceptors (Lipinski definition) is 1. The minimum atomic E-state index is 0.982. The van der Waals surface area contributed by atoms with Crippen LogP contribution >= 0.6 is 0 Å². The fourth-order valence-corrected chi connectivity index (χ4v) is 1.83. The van der Waals surface area contributed by atoms with Crippen molar-refractivity contribution in [2.24, 2.45) is 0 Å². The van der Waals surface area contributed by atoms with Gasteiger partial charge in [0.05, 0.1) is 0 Å². The Balaban J connectivity index is 2.86. The Hall–Kier alpha value is -1.50. The van der Waals surface area contributed by atoms with Gasteiger partial charge in [0, 0.05) is 10.9 Å². The molecule has 0 fully saturated rings.